The number of nitrogens with one attached hydrogen (secondary N) is 1. The predicted octanol–water partition coefficient (Wildman–Crippen LogP) is 1.39. The van der Waals surface area contributed by atoms with Gasteiger partial charge in [-0.15, -0.1) is 0 Å². The number of benzene rings is 1. The van der Waals surface area contributed by atoms with Gasteiger partial charge in [0, 0.05) is 0 Å². The molecule has 0 radical (unpaired) electrons. The number of carbonyl (C=O) groups is 2. The molecule has 0 heterocycles. The highest BCUT2D eigenvalue weighted by molar-refractivity contribution is 5.86. The van der Waals surface area contributed by atoms with Crippen molar-refractivity contribution in [1.29, 1.82) is 5.26 Å². The number of ether oxygens (including phenoxy) is 2. The van der Waals surface area contributed by atoms with Crippen molar-refractivity contribution in [3.63, 3.8) is 0 Å². The van der Waals surface area contributed by atoms with Crippen LogP contribution in [0, 0.1) is 11.3 Å². The molecule has 1 rings (SSSR count). The average molecular weight is 290 g/mol. The van der Waals surface area contributed by atoms with Crippen molar-refractivity contribution >= 4 is 11.9 Å². The number of para-hydroxylation sites is 1. The van der Waals surface area contributed by atoms with Crippen molar-refractivity contribution in [1.82, 2.24) is 5.32 Å². The van der Waals surface area contributed by atoms with E-state index in [4.69, 9.17) is 14.7 Å². The summed E-state index contributed by atoms with van der Waals surface area (Å²) in [5.74, 6) is -0.634. The Balaban J connectivity index is 2.63. The van der Waals surface area contributed by atoms with E-state index in [9.17, 15) is 9.59 Å². The Morgan fingerprint density at radius 1 is 1.33 bits per heavy atom. The summed E-state index contributed by atoms with van der Waals surface area (Å²) in [7, 11) is 0. The summed E-state index contributed by atoms with van der Waals surface area (Å²) in [6.45, 7) is 5.02. The summed E-state index contributed by atoms with van der Waals surface area (Å²) in [4.78, 5) is 23.4. The lowest BCUT2D eigenvalue weighted by Gasteiger charge is -2.18. The number of amides is 1. The van der Waals surface area contributed by atoms with Crippen molar-refractivity contribution < 1.29 is 19.1 Å². The van der Waals surface area contributed by atoms with E-state index in [0.717, 1.165) is 0 Å². The predicted molar refractivity (Wildman–Crippen MR) is 75.5 cm³/mol. The fourth-order valence-corrected chi connectivity index (χ4v) is 1.56. The highest BCUT2D eigenvalue weighted by Gasteiger charge is 2.22. The number of rotatable bonds is 6. The first-order valence-corrected chi connectivity index (χ1v) is 6.62. The maximum atomic E-state index is 11.9. The smallest absolute Gasteiger partial charge is 0.328 e. The van der Waals surface area contributed by atoms with Crippen LogP contribution >= 0.6 is 0 Å². The molecular weight excluding hydrogens is 272 g/mol. The molecule has 21 heavy (non-hydrogen) atoms. The Hall–Kier alpha value is -2.55. The summed E-state index contributed by atoms with van der Waals surface area (Å²) in [5, 5.41) is 11.5. The minimum absolute atomic E-state index is 0.251. The van der Waals surface area contributed by atoms with Crippen LogP contribution in [-0.2, 0) is 14.3 Å². The van der Waals surface area contributed by atoms with E-state index in [1.807, 2.05) is 6.07 Å². The van der Waals surface area contributed by atoms with Gasteiger partial charge in [-0.1, -0.05) is 12.1 Å². The molecule has 0 fully saturated rings. The van der Waals surface area contributed by atoms with Crippen molar-refractivity contribution in [2.75, 3.05) is 6.61 Å². The zero-order chi connectivity index (χ0) is 15.8. The third kappa shape index (κ3) is 4.80. The Morgan fingerprint density at radius 3 is 2.62 bits per heavy atom. The van der Waals surface area contributed by atoms with E-state index in [1.165, 1.54) is 6.92 Å². The van der Waals surface area contributed by atoms with Gasteiger partial charge in [-0.3, -0.25) is 4.79 Å². The summed E-state index contributed by atoms with van der Waals surface area (Å²) in [6.07, 6.45) is -0.837. The van der Waals surface area contributed by atoms with Crippen LogP contribution in [0.25, 0.3) is 0 Å². The first-order valence-electron chi connectivity index (χ1n) is 6.62. The lowest BCUT2D eigenvalue weighted by molar-refractivity contribution is -0.147. The van der Waals surface area contributed by atoms with Crippen LogP contribution in [0.1, 0.15) is 26.3 Å². The largest absolute Gasteiger partial charge is 0.480 e. The third-order valence-electron chi connectivity index (χ3n) is 2.68. The zero-order valence-electron chi connectivity index (χ0n) is 12.3. The third-order valence-corrected chi connectivity index (χ3v) is 2.68. The molecule has 2 atom stereocenters. The molecule has 112 valence electrons. The molecule has 0 spiro atoms. The molecule has 0 bridgehead atoms. The summed E-state index contributed by atoms with van der Waals surface area (Å²) >= 11 is 0. The molecule has 1 aromatic rings. The van der Waals surface area contributed by atoms with Crippen LogP contribution in [0.5, 0.6) is 5.75 Å². The number of hydrogen-bond acceptors (Lipinski definition) is 5. The van der Waals surface area contributed by atoms with E-state index in [0.29, 0.717) is 11.3 Å². The van der Waals surface area contributed by atoms with Gasteiger partial charge in [0.1, 0.15) is 17.9 Å². The molecule has 1 amide bonds. The van der Waals surface area contributed by atoms with E-state index in [2.05, 4.69) is 5.32 Å². The Morgan fingerprint density at radius 2 is 2.00 bits per heavy atom. The van der Waals surface area contributed by atoms with Gasteiger partial charge in [0.15, 0.2) is 6.10 Å². The molecule has 2 unspecified atom stereocenters. The van der Waals surface area contributed by atoms with Gasteiger partial charge in [0.25, 0.3) is 5.91 Å². The lowest BCUT2D eigenvalue weighted by Crippen LogP contribution is -2.45. The maximum Gasteiger partial charge on any atom is 0.328 e. The number of nitrogens with zero attached hydrogens (tertiary/aromatic N) is 1. The van der Waals surface area contributed by atoms with Crippen LogP contribution in [0.2, 0.25) is 0 Å². The molecule has 6 nitrogen and oxygen atoms in total. The highest BCUT2D eigenvalue weighted by atomic mass is 16.5. The van der Waals surface area contributed by atoms with Crippen LogP contribution in [-0.4, -0.2) is 30.6 Å². The van der Waals surface area contributed by atoms with Crippen molar-refractivity contribution in [2.45, 2.75) is 32.9 Å². The molecule has 1 aromatic carbocycles. The fraction of sp³-hybridized carbons (Fsp3) is 0.400. The van der Waals surface area contributed by atoms with E-state index < -0.39 is 24.0 Å². The second-order valence-electron chi connectivity index (χ2n) is 4.35. The standard InChI is InChI=1S/C15H18N2O4/c1-4-20-15(19)10(2)17-14(18)11(3)21-13-8-6-5-7-12(13)9-16/h5-8,10-11H,4H2,1-3H3,(H,17,18). The Kier molecular flexibility index (Phi) is 6.21. The first-order chi connectivity index (χ1) is 9.99. The van der Waals surface area contributed by atoms with Crippen LogP contribution in [0.4, 0.5) is 0 Å². The molecule has 0 aliphatic carbocycles. The molecule has 0 aliphatic heterocycles. The molecule has 0 saturated carbocycles. The first kappa shape index (κ1) is 16.5. The van der Waals surface area contributed by atoms with Crippen LogP contribution < -0.4 is 10.1 Å². The highest BCUT2D eigenvalue weighted by Crippen LogP contribution is 2.18. The monoisotopic (exact) mass is 290 g/mol. The lowest BCUT2D eigenvalue weighted by atomic mass is 10.2. The van der Waals surface area contributed by atoms with Crippen LogP contribution in [0.3, 0.4) is 0 Å². The van der Waals surface area contributed by atoms with Crippen LogP contribution in [0.15, 0.2) is 24.3 Å². The summed E-state index contributed by atoms with van der Waals surface area (Å²) < 4.78 is 10.3. The summed E-state index contributed by atoms with van der Waals surface area (Å²) in [5.41, 5.74) is 0.343. The number of esters is 1. The van der Waals surface area contributed by atoms with Crippen molar-refractivity contribution in [2.24, 2.45) is 0 Å². The van der Waals surface area contributed by atoms with Gasteiger partial charge in [-0.05, 0) is 32.9 Å². The molecular formula is C15H18N2O4. The minimum atomic E-state index is -0.837. The fourth-order valence-electron chi connectivity index (χ4n) is 1.56. The van der Waals surface area contributed by atoms with E-state index in [1.54, 1.807) is 38.1 Å². The molecule has 0 aromatic heterocycles. The quantitative estimate of drug-likeness (QED) is 0.800. The SMILES string of the molecule is CCOC(=O)C(C)NC(=O)C(C)Oc1ccccc1C#N. The molecule has 1 N–H and O–H groups in total. The van der Waals surface area contributed by atoms with Gasteiger partial charge >= 0.3 is 5.97 Å². The van der Waals surface area contributed by atoms with Gasteiger partial charge in [-0.2, -0.15) is 5.26 Å². The van der Waals surface area contributed by atoms with Crippen molar-refractivity contribution in [3.8, 4) is 11.8 Å². The maximum absolute atomic E-state index is 11.9. The Bertz CT molecular complexity index is 551. The molecule has 0 aliphatic rings. The zero-order valence-corrected chi connectivity index (χ0v) is 12.3. The molecule has 6 heteroatoms. The van der Waals surface area contributed by atoms with E-state index in [-0.39, 0.29) is 6.61 Å². The number of carbonyl (C=O) groups excluding carboxylic acids is 2. The second kappa shape index (κ2) is 7.90. The van der Waals surface area contributed by atoms with Gasteiger partial charge in [0.05, 0.1) is 12.2 Å². The number of nitriles is 1. The van der Waals surface area contributed by atoms with Gasteiger partial charge < -0.3 is 14.8 Å². The van der Waals surface area contributed by atoms with Crippen molar-refractivity contribution in [3.05, 3.63) is 29.8 Å². The molecule has 0 saturated heterocycles. The topological polar surface area (TPSA) is 88.4 Å². The second-order valence-corrected chi connectivity index (χ2v) is 4.35. The van der Waals surface area contributed by atoms with E-state index >= 15 is 0 Å². The normalized spacial score (nSPS) is 12.7. The average Bonchev–Trinajstić information content (AvgIpc) is 2.47. The van der Waals surface area contributed by atoms with Gasteiger partial charge in [0.2, 0.25) is 0 Å². The van der Waals surface area contributed by atoms with Gasteiger partial charge in [-0.25, -0.2) is 4.79 Å². The Labute approximate surface area is 123 Å². The number of hydrogen-bond donors (Lipinski definition) is 1. The summed E-state index contributed by atoms with van der Waals surface area (Å²) in [6, 6.07) is 7.85. The minimum Gasteiger partial charge on any atom is -0.480 e.